The zero-order chi connectivity index (χ0) is 23.6. The maximum Gasteiger partial charge on any atom is 0.138 e. The van der Waals surface area contributed by atoms with Crippen molar-refractivity contribution in [1.29, 1.82) is 5.26 Å². The third-order valence-electron chi connectivity index (χ3n) is 6.80. The van der Waals surface area contributed by atoms with Crippen LogP contribution >= 0.6 is 0 Å². The number of H-pyrrole nitrogens is 1. The Kier molecular flexibility index (Phi) is 5.47. The third-order valence-corrected chi connectivity index (χ3v) is 6.80. The van der Waals surface area contributed by atoms with Crippen LogP contribution in [0.1, 0.15) is 19.3 Å². The third kappa shape index (κ3) is 4.38. The van der Waals surface area contributed by atoms with E-state index in [2.05, 4.69) is 55.9 Å². The summed E-state index contributed by atoms with van der Waals surface area (Å²) in [5.41, 5.74) is 7.00. The number of nitriles is 1. The van der Waals surface area contributed by atoms with Crippen molar-refractivity contribution >= 4 is 34.3 Å². The van der Waals surface area contributed by atoms with Crippen LogP contribution in [0.2, 0.25) is 0 Å². The fraction of sp³-hybridized carbons (Fsp3) is 0.214. The van der Waals surface area contributed by atoms with Crippen LogP contribution in [0.15, 0.2) is 83.8 Å². The smallest absolute Gasteiger partial charge is 0.138 e. The van der Waals surface area contributed by atoms with Crippen molar-refractivity contribution in [3.63, 3.8) is 0 Å². The molecule has 7 nitrogen and oxygen atoms in total. The molecule has 3 heterocycles. The Morgan fingerprint density at radius 2 is 1.83 bits per heavy atom. The zero-order valence-corrected chi connectivity index (χ0v) is 19.1. The molecule has 0 amide bonds. The van der Waals surface area contributed by atoms with Gasteiger partial charge in [-0.1, -0.05) is 12.1 Å². The molecule has 1 fully saturated rings. The fourth-order valence-corrected chi connectivity index (χ4v) is 5.01. The summed E-state index contributed by atoms with van der Waals surface area (Å²) in [6.07, 6.45) is 10.2. The number of anilines is 3. The van der Waals surface area contributed by atoms with Gasteiger partial charge in [0.1, 0.15) is 5.82 Å². The first-order valence-electron chi connectivity index (χ1n) is 11.9. The van der Waals surface area contributed by atoms with Gasteiger partial charge in [0.2, 0.25) is 0 Å². The minimum atomic E-state index is 0.108. The number of imidazole rings is 1. The quantitative estimate of drug-likeness (QED) is 0.337. The van der Waals surface area contributed by atoms with Gasteiger partial charge in [0.15, 0.2) is 0 Å². The lowest BCUT2D eigenvalue weighted by molar-refractivity contribution is 0.303. The van der Waals surface area contributed by atoms with Gasteiger partial charge < -0.3 is 15.6 Å². The van der Waals surface area contributed by atoms with Crippen molar-refractivity contribution in [2.45, 2.75) is 25.3 Å². The highest BCUT2D eigenvalue weighted by Gasteiger charge is 2.34. The monoisotopic (exact) mass is 459 g/mol. The fourth-order valence-electron chi connectivity index (χ4n) is 5.01. The van der Waals surface area contributed by atoms with Gasteiger partial charge in [0.05, 0.1) is 23.1 Å². The van der Waals surface area contributed by atoms with Crippen molar-refractivity contribution in [2.75, 3.05) is 10.6 Å². The molecule has 2 aliphatic rings. The first kappa shape index (κ1) is 21.1. The number of rotatable bonds is 5. The summed E-state index contributed by atoms with van der Waals surface area (Å²) < 4.78 is 0. The Morgan fingerprint density at radius 1 is 0.943 bits per heavy atom. The maximum absolute atomic E-state index is 9.42. The van der Waals surface area contributed by atoms with Crippen LogP contribution in [-0.4, -0.2) is 27.2 Å². The molecule has 0 spiro atoms. The predicted molar refractivity (Wildman–Crippen MR) is 139 cm³/mol. The molecular weight excluding hydrogens is 434 g/mol. The molecule has 0 saturated heterocycles. The van der Waals surface area contributed by atoms with Gasteiger partial charge in [-0.15, -0.1) is 0 Å². The zero-order valence-electron chi connectivity index (χ0n) is 19.1. The van der Waals surface area contributed by atoms with E-state index < -0.39 is 0 Å². The Labute approximate surface area is 203 Å². The van der Waals surface area contributed by atoms with Crippen LogP contribution in [0.3, 0.4) is 0 Å². The van der Waals surface area contributed by atoms with Crippen molar-refractivity contribution in [1.82, 2.24) is 15.0 Å². The number of allylic oxidation sites excluding steroid dienone is 1. The molecule has 1 saturated carbocycles. The van der Waals surface area contributed by atoms with Gasteiger partial charge >= 0.3 is 0 Å². The molecule has 172 valence electrons. The van der Waals surface area contributed by atoms with Gasteiger partial charge in [-0.05, 0) is 67.8 Å². The lowest BCUT2D eigenvalue weighted by atomic mass is 9.76. The summed E-state index contributed by atoms with van der Waals surface area (Å²) in [6.45, 7) is 0. The van der Waals surface area contributed by atoms with Gasteiger partial charge in [-0.3, -0.25) is 9.98 Å². The number of hydrogen-bond donors (Lipinski definition) is 3. The van der Waals surface area contributed by atoms with Gasteiger partial charge in [0, 0.05) is 58.8 Å². The Bertz CT molecular complexity index is 1460. The molecule has 35 heavy (non-hydrogen) atoms. The molecule has 3 atom stereocenters. The molecule has 0 bridgehead atoms. The van der Waals surface area contributed by atoms with E-state index in [4.69, 9.17) is 4.98 Å². The van der Waals surface area contributed by atoms with Crippen LogP contribution in [0.5, 0.6) is 0 Å². The highest BCUT2D eigenvalue weighted by molar-refractivity contribution is 5.84. The number of nitrogens with one attached hydrogen (secondary N) is 3. The van der Waals surface area contributed by atoms with Gasteiger partial charge in [-0.2, -0.15) is 5.26 Å². The highest BCUT2D eigenvalue weighted by Crippen LogP contribution is 2.37. The number of aromatic amines is 1. The van der Waals surface area contributed by atoms with Crippen molar-refractivity contribution in [2.24, 2.45) is 16.8 Å². The predicted octanol–water partition coefficient (Wildman–Crippen LogP) is 6.06. The van der Waals surface area contributed by atoms with Crippen molar-refractivity contribution in [3.8, 4) is 17.5 Å². The lowest BCUT2D eigenvalue weighted by Gasteiger charge is -2.35. The molecule has 0 radical (unpaired) electrons. The molecule has 1 aliphatic carbocycles. The number of benzene rings is 2. The second kappa shape index (κ2) is 9.07. The van der Waals surface area contributed by atoms with Crippen LogP contribution in [0.25, 0.3) is 22.4 Å². The highest BCUT2D eigenvalue weighted by atomic mass is 15.0. The Balaban J connectivity index is 1.23. The largest absolute Gasteiger partial charge is 0.358 e. The van der Waals surface area contributed by atoms with E-state index in [0.717, 1.165) is 64.4 Å². The molecule has 3 unspecified atom stereocenters. The summed E-state index contributed by atoms with van der Waals surface area (Å²) in [7, 11) is 0. The summed E-state index contributed by atoms with van der Waals surface area (Å²) in [6, 6.07) is 21.0. The number of dihydropyridines is 1. The average Bonchev–Trinajstić information content (AvgIpc) is 3.33. The topological polar surface area (TPSA) is 102 Å². The lowest BCUT2D eigenvalue weighted by Crippen LogP contribution is -2.33. The number of aliphatic imine (C=N–C) groups is 1. The van der Waals surface area contributed by atoms with Gasteiger partial charge in [-0.25, -0.2) is 4.98 Å². The second-order valence-corrected chi connectivity index (χ2v) is 9.12. The first-order valence-corrected chi connectivity index (χ1v) is 11.9. The van der Waals surface area contributed by atoms with E-state index in [1.807, 2.05) is 42.6 Å². The molecule has 3 N–H and O–H groups in total. The van der Waals surface area contributed by atoms with E-state index in [9.17, 15) is 5.26 Å². The van der Waals surface area contributed by atoms with Crippen LogP contribution in [-0.2, 0) is 0 Å². The van der Waals surface area contributed by atoms with Gasteiger partial charge in [0.25, 0.3) is 0 Å². The molecule has 2 aromatic heterocycles. The molecule has 2 aromatic carbocycles. The summed E-state index contributed by atoms with van der Waals surface area (Å²) >= 11 is 0. The molecular formula is C28H25N7. The van der Waals surface area contributed by atoms with E-state index in [1.165, 1.54) is 0 Å². The molecule has 7 heteroatoms. The Hall–Kier alpha value is -4.44. The standard InChI is InChI=1S/C28H25N7/c29-17-18-4-6-24-23(14-18)25(10-13-31-24)33-22-5-7-26-27(16-22)35-28(34-26)19-2-1-3-21(15-19)32-20-8-11-30-12-9-20/h1-3,5,7-13,15-16,18,23-24,33H,4,6,14H2,(H,30,32)(H,34,35). The first-order chi connectivity index (χ1) is 17.2. The molecule has 1 aliphatic heterocycles. The minimum Gasteiger partial charge on any atom is -0.358 e. The minimum absolute atomic E-state index is 0.108. The average molecular weight is 460 g/mol. The SMILES string of the molecule is N#CC1CCC2N=CC=C(Nc3ccc4nc(-c5cccc(Nc6ccncc6)c5)[nH]c4c3)C2C1. The number of fused-ring (bicyclic) bond motifs is 2. The molecule has 4 aromatic rings. The van der Waals surface area contributed by atoms with Crippen LogP contribution in [0.4, 0.5) is 17.1 Å². The summed E-state index contributed by atoms with van der Waals surface area (Å²) in [5, 5.41) is 16.4. The second-order valence-electron chi connectivity index (χ2n) is 9.12. The van der Waals surface area contributed by atoms with E-state index in [-0.39, 0.29) is 17.9 Å². The maximum atomic E-state index is 9.42. The van der Waals surface area contributed by atoms with Crippen LogP contribution in [0, 0.1) is 23.2 Å². The van der Waals surface area contributed by atoms with E-state index in [0.29, 0.717) is 0 Å². The normalized spacial score (nSPS) is 21.1. The number of aromatic nitrogens is 3. The summed E-state index contributed by atoms with van der Waals surface area (Å²) in [4.78, 5) is 17.0. The van der Waals surface area contributed by atoms with Crippen LogP contribution < -0.4 is 10.6 Å². The Morgan fingerprint density at radius 3 is 2.71 bits per heavy atom. The number of nitrogens with zero attached hydrogens (tertiary/aromatic N) is 4. The molecule has 6 rings (SSSR count). The van der Waals surface area contributed by atoms with Crippen molar-refractivity contribution < 1.29 is 0 Å². The number of hydrogen-bond acceptors (Lipinski definition) is 6. The number of pyridine rings is 1. The summed E-state index contributed by atoms with van der Waals surface area (Å²) in [5.74, 6) is 1.20. The van der Waals surface area contributed by atoms with Crippen molar-refractivity contribution in [3.05, 3.63) is 78.8 Å². The van der Waals surface area contributed by atoms with E-state index in [1.54, 1.807) is 12.4 Å². The van der Waals surface area contributed by atoms with E-state index >= 15 is 0 Å².